The van der Waals surface area contributed by atoms with Gasteiger partial charge in [-0.05, 0) is 76.7 Å². The fourth-order valence-electron chi connectivity index (χ4n) is 4.36. The van der Waals surface area contributed by atoms with Gasteiger partial charge in [0.1, 0.15) is 18.4 Å². The maximum Gasteiger partial charge on any atom is 0.205 e. The highest BCUT2D eigenvalue weighted by atomic mass is 35.5. The number of carbonyl (C=O) groups excluding carboxylic acids is 3. The van der Waals surface area contributed by atoms with Crippen LogP contribution in [0, 0.1) is 17.7 Å². The molecule has 1 fully saturated rings. The summed E-state index contributed by atoms with van der Waals surface area (Å²) in [4.78, 5) is 43.0. The number of Topliss-reactive ketones (excluding diaryl/α,β-unsaturated/α-hetero) is 1. The fraction of sp³-hybridized carbons (Fsp3) is 0.324. The third kappa shape index (κ3) is 10.5. The summed E-state index contributed by atoms with van der Waals surface area (Å²) in [5, 5.41) is 3.82. The number of nitrogens with zero attached hydrogens (tertiary/aromatic N) is 4. The van der Waals surface area contributed by atoms with E-state index in [2.05, 4.69) is 32.0 Å². The zero-order valence-electron chi connectivity index (χ0n) is 25.8. The number of benzene rings is 2. The summed E-state index contributed by atoms with van der Waals surface area (Å²) in [6, 6.07) is 12.5. The third-order valence-corrected chi connectivity index (χ3v) is 6.84. The lowest BCUT2D eigenvalue weighted by atomic mass is 10.1. The lowest BCUT2D eigenvalue weighted by Gasteiger charge is -2.10. The van der Waals surface area contributed by atoms with Crippen molar-refractivity contribution < 1.29 is 18.8 Å². The van der Waals surface area contributed by atoms with Gasteiger partial charge in [-0.3, -0.25) is 9.69 Å². The van der Waals surface area contributed by atoms with Crippen LogP contribution in [0.5, 0.6) is 0 Å². The van der Waals surface area contributed by atoms with E-state index in [4.69, 9.17) is 11.6 Å². The maximum absolute atomic E-state index is 13.0. The molecule has 4 aromatic rings. The first-order valence-corrected chi connectivity index (χ1v) is 14.8. The Kier molecular flexibility index (Phi) is 15.6. The smallest absolute Gasteiger partial charge is 0.205 e. The van der Waals surface area contributed by atoms with Crippen molar-refractivity contribution in [2.45, 2.75) is 52.7 Å². The van der Waals surface area contributed by atoms with Gasteiger partial charge in [0.15, 0.2) is 5.78 Å². The monoisotopic (exact) mass is 619 g/mol. The van der Waals surface area contributed by atoms with Crippen LogP contribution in [0.3, 0.4) is 0 Å². The molecule has 0 radical (unpaired) electrons. The van der Waals surface area contributed by atoms with Crippen LogP contribution >= 0.6 is 11.6 Å². The van der Waals surface area contributed by atoms with Gasteiger partial charge in [0.2, 0.25) is 5.82 Å². The Bertz CT molecular complexity index is 1580. The number of likely N-dealkylation sites (tertiary alicyclic amines) is 1. The number of halogens is 2. The number of likely N-dealkylation sites (N-methyl/N-ethyl adjacent to an activating group) is 1. The Labute approximate surface area is 263 Å². The van der Waals surface area contributed by atoms with Crippen molar-refractivity contribution in [1.29, 1.82) is 0 Å². The molecule has 2 aromatic heterocycles. The highest BCUT2D eigenvalue weighted by Crippen LogP contribution is 2.23. The number of ketones is 1. The Hall–Kier alpha value is -4.23. The van der Waals surface area contributed by atoms with Crippen LogP contribution in [0.2, 0.25) is 5.02 Å². The fourth-order valence-corrected chi connectivity index (χ4v) is 4.56. The van der Waals surface area contributed by atoms with Gasteiger partial charge >= 0.3 is 0 Å². The van der Waals surface area contributed by atoms with Gasteiger partial charge in [0.05, 0.1) is 17.6 Å². The molecule has 1 unspecified atom stereocenters. The number of nitrogens with one attached hydrogen (secondary N) is 1. The van der Waals surface area contributed by atoms with Gasteiger partial charge in [-0.1, -0.05) is 43.5 Å². The number of carbonyl (C=O) groups is 3. The van der Waals surface area contributed by atoms with Crippen molar-refractivity contribution in [2.24, 2.45) is 0 Å². The SMILES string of the molecule is CC.CC(=O)c1cn(CC=O)c2ccc(C#Cc3ncccn3)cc12.CN1CCCC1C=O.CNCc1cccc(Cl)c1F. The molecule has 1 aliphatic heterocycles. The minimum absolute atomic E-state index is 0.0452. The molecule has 0 aliphatic carbocycles. The average molecular weight is 620 g/mol. The topological polar surface area (TPSA) is 97.2 Å². The molecule has 1 saturated heterocycles. The Morgan fingerprint density at radius 2 is 1.86 bits per heavy atom. The van der Waals surface area contributed by atoms with Crippen LogP contribution in [0.25, 0.3) is 10.9 Å². The molecule has 10 heteroatoms. The molecule has 2 aromatic carbocycles. The van der Waals surface area contributed by atoms with E-state index in [1.807, 2.05) is 39.1 Å². The minimum Gasteiger partial charge on any atom is -0.340 e. The number of rotatable bonds is 6. The lowest BCUT2D eigenvalue weighted by molar-refractivity contribution is -0.111. The highest BCUT2D eigenvalue weighted by Gasteiger charge is 2.18. The lowest BCUT2D eigenvalue weighted by Crippen LogP contribution is -2.25. The van der Waals surface area contributed by atoms with E-state index >= 15 is 0 Å². The van der Waals surface area contributed by atoms with Crippen molar-refractivity contribution in [3.05, 3.63) is 94.4 Å². The van der Waals surface area contributed by atoms with Gasteiger partial charge in [0.25, 0.3) is 0 Å². The highest BCUT2D eigenvalue weighted by molar-refractivity contribution is 6.30. The van der Waals surface area contributed by atoms with Crippen LogP contribution < -0.4 is 5.32 Å². The number of hydrogen-bond donors (Lipinski definition) is 1. The van der Waals surface area contributed by atoms with Crippen molar-refractivity contribution in [3.8, 4) is 11.8 Å². The second kappa shape index (κ2) is 19.1. The van der Waals surface area contributed by atoms with Gasteiger partial charge in [-0.25, -0.2) is 14.4 Å². The molecule has 8 nitrogen and oxygen atoms in total. The number of aromatic nitrogens is 3. The van der Waals surface area contributed by atoms with Crippen molar-refractivity contribution >= 4 is 40.9 Å². The molecule has 0 spiro atoms. The average Bonchev–Trinajstić information content (AvgIpc) is 3.63. The Morgan fingerprint density at radius 3 is 2.43 bits per heavy atom. The van der Waals surface area contributed by atoms with E-state index in [9.17, 15) is 18.8 Å². The molecular formula is C34H39ClFN5O3. The Balaban J connectivity index is 0.000000265. The molecule has 0 saturated carbocycles. The van der Waals surface area contributed by atoms with Crippen molar-refractivity contribution in [1.82, 2.24) is 24.8 Å². The first-order valence-electron chi connectivity index (χ1n) is 14.4. The number of fused-ring (bicyclic) bond motifs is 1. The minimum atomic E-state index is -0.330. The summed E-state index contributed by atoms with van der Waals surface area (Å²) in [7, 11) is 3.76. The standard InChI is InChI=1S/C18H13N3O2.C8H9ClFN.C6H11NO.C2H6/c1-13(23)16-12-21(9-10-22)17-5-3-14(11-15(16)17)4-6-18-19-7-2-8-20-18;1-11-5-6-3-2-4-7(9)8(6)10;1-7-4-2-3-6(7)5-8;1-2/h2-3,5,7-8,10-12H,9H2,1H3;2-4,11H,5H2,1H3;5-6H,2-4H2,1H3;1-2H3. The molecule has 3 heterocycles. The van der Waals surface area contributed by atoms with E-state index in [0.717, 1.165) is 42.0 Å². The normalized spacial score (nSPS) is 13.6. The summed E-state index contributed by atoms with van der Waals surface area (Å²) in [6.45, 7) is 7.32. The van der Waals surface area contributed by atoms with Crippen LogP contribution in [-0.4, -0.2) is 64.5 Å². The summed E-state index contributed by atoms with van der Waals surface area (Å²) >= 11 is 5.55. The molecule has 5 rings (SSSR count). The number of hydrogen-bond acceptors (Lipinski definition) is 7. The van der Waals surface area contributed by atoms with Gasteiger partial charge < -0.3 is 19.5 Å². The predicted molar refractivity (Wildman–Crippen MR) is 173 cm³/mol. The zero-order valence-corrected chi connectivity index (χ0v) is 26.6. The third-order valence-electron chi connectivity index (χ3n) is 6.55. The molecule has 232 valence electrons. The van der Waals surface area contributed by atoms with Crippen molar-refractivity contribution in [2.75, 3.05) is 20.6 Å². The Morgan fingerprint density at radius 1 is 1.14 bits per heavy atom. The first-order chi connectivity index (χ1) is 21.3. The van der Waals surface area contributed by atoms with Gasteiger partial charge in [-0.2, -0.15) is 0 Å². The maximum atomic E-state index is 13.0. The van der Waals surface area contributed by atoms with Gasteiger partial charge in [-0.15, -0.1) is 0 Å². The summed E-state index contributed by atoms with van der Waals surface area (Å²) in [6.07, 6.45) is 9.05. The van der Waals surface area contributed by atoms with E-state index in [1.54, 1.807) is 48.4 Å². The quantitative estimate of drug-likeness (QED) is 0.167. The molecule has 1 atom stereocenters. The van der Waals surface area contributed by atoms with E-state index < -0.39 is 0 Å². The second-order valence-corrected chi connectivity index (χ2v) is 9.95. The van der Waals surface area contributed by atoms with Crippen LogP contribution in [-0.2, 0) is 22.7 Å². The second-order valence-electron chi connectivity index (χ2n) is 9.54. The zero-order chi connectivity index (χ0) is 32.5. The van der Waals surface area contributed by atoms with Crippen LogP contribution in [0.4, 0.5) is 4.39 Å². The van der Waals surface area contributed by atoms with Gasteiger partial charge in [0, 0.05) is 52.7 Å². The van der Waals surface area contributed by atoms with E-state index in [1.165, 1.54) is 19.4 Å². The first kappa shape index (κ1) is 36.0. The van der Waals surface area contributed by atoms with Crippen LogP contribution in [0.1, 0.15) is 60.9 Å². The molecule has 1 N–H and O–H groups in total. The summed E-state index contributed by atoms with van der Waals surface area (Å²) < 4.78 is 14.8. The summed E-state index contributed by atoms with van der Waals surface area (Å²) in [5.41, 5.74) is 2.78. The largest absolute Gasteiger partial charge is 0.340 e. The van der Waals surface area contributed by atoms with Crippen molar-refractivity contribution in [3.63, 3.8) is 0 Å². The summed E-state index contributed by atoms with van der Waals surface area (Å²) in [5.74, 6) is 5.95. The predicted octanol–water partition coefficient (Wildman–Crippen LogP) is 5.74. The molecule has 0 amide bonds. The molecule has 0 bridgehead atoms. The molecule has 44 heavy (non-hydrogen) atoms. The number of aldehydes is 2. The van der Waals surface area contributed by atoms with E-state index in [0.29, 0.717) is 23.5 Å². The van der Waals surface area contributed by atoms with E-state index in [-0.39, 0.29) is 29.2 Å². The molecular weight excluding hydrogens is 581 g/mol. The molecule has 1 aliphatic rings. The van der Waals surface area contributed by atoms with Crippen LogP contribution in [0.15, 0.2) is 61.1 Å².